The van der Waals surface area contributed by atoms with E-state index in [1.54, 1.807) is 18.2 Å². The molecule has 0 aliphatic carbocycles. The zero-order chi connectivity index (χ0) is 20.6. The molecule has 0 bridgehead atoms. The Hall–Kier alpha value is -3.53. The average Bonchev–Trinajstić information content (AvgIpc) is 2.73. The van der Waals surface area contributed by atoms with E-state index >= 15 is 0 Å². The first-order valence-corrected chi connectivity index (χ1v) is 9.47. The van der Waals surface area contributed by atoms with Crippen molar-refractivity contribution in [3.8, 4) is 11.5 Å². The third-order valence-corrected chi connectivity index (χ3v) is 4.67. The number of carboxylic acid groups (broad SMARTS) is 1. The first-order chi connectivity index (χ1) is 14.0. The van der Waals surface area contributed by atoms with Crippen molar-refractivity contribution >= 4 is 17.6 Å². The van der Waals surface area contributed by atoms with Crippen LogP contribution in [0.1, 0.15) is 22.3 Å². The second-order valence-corrected chi connectivity index (χ2v) is 6.69. The summed E-state index contributed by atoms with van der Waals surface area (Å²) >= 11 is 0. The highest BCUT2D eigenvalue weighted by molar-refractivity contribution is 6.20. The van der Waals surface area contributed by atoms with Crippen molar-refractivity contribution in [1.82, 2.24) is 0 Å². The van der Waals surface area contributed by atoms with Crippen molar-refractivity contribution in [1.29, 1.82) is 0 Å². The summed E-state index contributed by atoms with van der Waals surface area (Å²) in [6, 6.07) is 22.4. The summed E-state index contributed by atoms with van der Waals surface area (Å²) in [4.78, 5) is 11.6. The molecule has 3 aromatic rings. The molecule has 4 nitrogen and oxygen atoms in total. The normalized spacial score (nSPS) is 11.2. The molecule has 0 aliphatic rings. The molecule has 29 heavy (non-hydrogen) atoms. The van der Waals surface area contributed by atoms with E-state index in [9.17, 15) is 9.90 Å². The molecular formula is C25H24O4. The molecule has 0 saturated heterocycles. The van der Waals surface area contributed by atoms with Crippen LogP contribution >= 0.6 is 0 Å². The fourth-order valence-corrected chi connectivity index (χ4v) is 2.90. The molecule has 0 unspecified atom stereocenters. The molecule has 0 aliphatic heterocycles. The monoisotopic (exact) mass is 388 g/mol. The molecule has 0 radical (unpaired) electrons. The van der Waals surface area contributed by atoms with Crippen LogP contribution in [0, 0.1) is 13.8 Å². The Morgan fingerprint density at radius 2 is 1.55 bits per heavy atom. The SMILES string of the molecule is Cc1cccc(OCCOc2ccc(/C=C(/C(=O)O)c3ccccc3)cc2)c1C. The second kappa shape index (κ2) is 9.60. The molecule has 0 fully saturated rings. The van der Waals surface area contributed by atoms with Gasteiger partial charge in [-0.1, -0.05) is 54.6 Å². The Labute approximate surface area is 171 Å². The highest BCUT2D eigenvalue weighted by Gasteiger charge is 2.10. The lowest BCUT2D eigenvalue weighted by Gasteiger charge is -2.11. The first kappa shape index (κ1) is 20.2. The molecule has 3 rings (SSSR count). The lowest BCUT2D eigenvalue weighted by Crippen LogP contribution is -2.09. The fourth-order valence-electron chi connectivity index (χ4n) is 2.90. The van der Waals surface area contributed by atoms with Gasteiger partial charge in [0, 0.05) is 0 Å². The van der Waals surface area contributed by atoms with E-state index < -0.39 is 5.97 Å². The summed E-state index contributed by atoms with van der Waals surface area (Å²) in [7, 11) is 0. The molecule has 3 aromatic carbocycles. The van der Waals surface area contributed by atoms with Gasteiger partial charge in [0.15, 0.2) is 0 Å². The minimum Gasteiger partial charge on any atom is -0.490 e. The van der Waals surface area contributed by atoms with Gasteiger partial charge in [-0.25, -0.2) is 4.79 Å². The predicted molar refractivity (Wildman–Crippen MR) is 115 cm³/mol. The van der Waals surface area contributed by atoms with E-state index in [0.717, 1.165) is 16.9 Å². The van der Waals surface area contributed by atoms with Crippen LogP contribution in [0.15, 0.2) is 72.8 Å². The molecule has 1 N–H and O–H groups in total. The number of aryl methyl sites for hydroxylation is 1. The third-order valence-electron chi connectivity index (χ3n) is 4.67. The number of rotatable bonds is 8. The molecule has 148 valence electrons. The number of ether oxygens (including phenoxy) is 2. The van der Waals surface area contributed by atoms with Crippen molar-refractivity contribution in [2.24, 2.45) is 0 Å². The van der Waals surface area contributed by atoms with Crippen LogP contribution in [-0.2, 0) is 4.79 Å². The van der Waals surface area contributed by atoms with E-state index in [0.29, 0.717) is 24.5 Å². The maximum atomic E-state index is 11.6. The predicted octanol–water partition coefficient (Wildman–Crippen LogP) is 5.39. The lowest BCUT2D eigenvalue weighted by atomic mass is 10.0. The van der Waals surface area contributed by atoms with E-state index in [4.69, 9.17) is 9.47 Å². The van der Waals surface area contributed by atoms with Crippen molar-refractivity contribution in [3.05, 3.63) is 95.1 Å². The van der Waals surface area contributed by atoms with E-state index in [1.165, 1.54) is 5.56 Å². The summed E-state index contributed by atoms with van der Waals surface area (Å²) < 4.78 is 11.5. The molecule has 0 spiro atoms. The van der Waals surface area contributed by atoms with Gasteiger partial charge in [-0.2, -0.15) is 0 Å². The average molecular weight is 388 g/mol. The molecule has 0 heterocycles. The topological polar surface area (TPSA) is 55.8 Å². The standard InChI is InChI=1S/C25H24O4/c1-18-7-6-10-24(19(18)2)29-16-15-28-22-13-11-20(12-14-22)17-23(25(26)27)21-8-4-3-5-9-21/h3-14,17H,15-16H2,1-2H3,(H,26,27)/b23-17+. The van der Waals surface area contributed by atoms with Gasteiger partial charge in [0.2, 0.25) is 0 Å². The van der Waals surface area contributed by atoms with Crippen molar-refractivity contribution in [3.63, 3.8) is 0 Å². The van der Waals surface area contributed by atoms with Crippen LogP contribution in [0.4, 0.5) is 0 Å². The zero-order valence-corrected chi connectivity index (χ0v) is 16.6. The smallest absolute Gasteiger partial charge is 0.336 e. The largest absolute Gasteiger partial charge is 0.490 e. The van der Waals surface area contributed by atoms with Gasteiger partial charge in [0.05, 0.1) is 5.57 Å². The Balaban J connectivity index is 1.58. The third kappa shape index (κ3) is 5.48. The lowest BCUT2D eigenvalue weighted by molar-refractivity contribution is -0.130. The summed E-state index contributed by atoms with van der Waals surface area (Å²) in [5.74, 6) is 0.625. The van der Waals surface area contributed by atoms with Crippen LogP contribution in [0.2, 0.25) is 0 Å². The highest BCUT2D eigenvalue weighted by Crippen LogP contribution is 2.22. The van der Waals surface area contributed by atoms with Gasteiger partial charge < -0.3 is 14.6 Å². The van der Waals surface area contributed by atoms with Gasteiger partial charge in [-0.3, -0.25) is 0 Å². The molecule has 0 atom stereocenters. The highest BCUT2D eigenvalue weighted by atomic mass is 16.5. The molecule has 0 saturated carbocycles. The van der Waals surface area contributed by atoms with E-state index in [-0.39, 0.29) is 5.57 Å². The van der Waals surface area contributed by atoms with Gasteiger partial charge in [-0.15, -0.1) is 0 Å². The maximum absolute atomic E-state index is 11.6. The Kier molecular flexibility index (Phi) is 6.69. The van der Waals surface area contributed by atoms with Gasteiger partial charge in [0.1, 0.15) is 24.7 Å². The number of aliphatic carboxylic acids is 1. The molecule has 4 heteroatoms. The van der Waals surface area contributed by atoms with Gasteiger partial charge >= 0.3 is 5.97 Å². The van der Waals surface area contributed by atoms with E-state index in [1.807, 2.05) is 61.5 Å². The number of benzene rings is 3. The summed E-state index contributed by atoms with van der Waals surface area (Å²) in [5.41, 5.74) is 4.05. The Morgan fingerprint density at radius 1 is 0.862 bits per heavy atom. The van der Waals surface area contributed by atoms with Crippen LogP contribution in [0.5, 0.6) is 11.5 Å². The molecule has 0 aromatic heterocycles. The zero-order valence-electron chi connectivity index (χ0n) is 16.6. The number of hydrogen-bond acceptors (Lipinski definition) is 3. The first-order valence-electron chi connectivity index (χ1n) is 9.47. The maximum Gasteiger partial charge on any atom is 0.336 e. The molecular weight excluding hydrogens is 364 g/mol. The van der Waals surface area contributed by atoms with Crippen LogP contribution in [-0.4, -0.2) is 24.3 Å². The summed E-state index contributed by atoms with van der Waals surface area (Å²) in [6.45, 7) is 4.97. The van der Waals surface area contributed by atoms with Crippen LogP contribution < -0.4 is 9.47 Å². The molecule has 0 amide bonds. The van der Waals surface area contributed by atoms with Crippen LogP contribution in [0.25, 0.3) is 11.6 Å². The van der Waals surface area contributed by atoms with Crippen molar-refractivity contribution in [2.75, 3.05) is 13.2 Å². The van der Waals surface area contributed by atoms with E-state index in [2.05, 4.69) is 13.0 Å². The summed E-state index contributed by atoms with van der Waals surface area (Å²) in [6.07, 6.45) is 1.66. The minimum absolute atomic E-state index is 0.251. The summed E-state index contributed by atoms with van der Waals surface area (Å²) in [5, 5.41) is 9.51. The fraction of sp³-hybridized carbons (Fsp3) is 0.160. The second-order valence-electron chi connectivity index (χ2n) is 6.69. The van der Waals surface area contributed by atoms with Gasteiger partial charge in [0.25, 0.3) is 0 Å². The van der Waals surface area contributed by atoms with Crippen molar-refractivity contribution in [2.45, 2.75) is 13.8 Å². The minimum atomic E-state index is -0.958. The number of hydrogen-bond donors (Lipinski definition) is 1. The van der Waals surface area contributed by atoms with Crippen LogP contribution in [0.3, 0.4) is 0 Å². The Bertz CT molecular complexity index is 989. The number of carbonyl (C=O) groups is 1. The number of carboxylic acids is 1. The Morgan fingerprint density at radius 3 is 2.24 bits per heavy atom. The van der Waals surface area contributed by atoms with Crippen molar-refractivity contribution < 1.29 is 19.4 Å². The quantitative estimate of drug-likeness (QED) is 0.319. The van der Waals surface area contributed by atoms with Gasteiger partial charge in [-0.05, 0) is 60.4 Å².